The van der Waals surface area contributed by atoms with Crippen LogP contribution in [0.1, 0.15) is 27.2 Å². The smallest absolute Gasteiger partial charge is 0.328 e. The number of aliphatic carboxylic acids is 2. The van der Waals surface area contributed by atoms with Crippen molar-refractivity contribution in [1.29, 1.82) is 0 Å². The predicted molar refractivity (Wildman–Crippen MR) is 87.9 cm³/mol. The highest BCUT2D eigenvalue weighted by Gasteiger charge is 2.14. The topological polar surface area (TPSA) is 130 Å². The van der Waals surface area contributed by atoms with Crippen LogP contribution < -0.4 is 11.1 Å². The van der Waals surface area contributed by atoms with Crippen LogP contribution in [-0.2, 0) is 14.4 Å². The third-order valence-electron chi connectivity index (χ3n) is 2.72. The first-order chi connectivity index (χ1) is 10.2. The summed E-state index contributed by atoms with van der Waals surface area (Å²) in [5.41, 5.74) is 5.52. The van der Waals surface area contributed by atoms with E-state index in [9.17, 15) is 14.4 Å². The van der Waals surface area contributed by atoms with Gasteiger partial charge in [0.2, 0.25) is 0 Å². The second-order valence-corrected chi connectivity index (χ2v) is 5.69. The van der Waals surface area contributed by atoms with Crippen LogP contribution in [0.4, 0.5) is 0 Å². The average Bonchev–Trinajstić information content (AvgIpc) is 3.03. The summed E-state index contributed by atoms with van der Waals surface area (Å²) in [5, 5.41) is 18.8. The molecule has 1 fully saturated rings. The maximum absolute atomic E-state index is 10.6. The van der Waals surface area contributed by atoms with Crippen molar-refractivity contribution in [2.45, 2.75) is 33.2 Å². The standard InChI is InChI=1S/C7H15NO.C4H4O4.C3H7NS/c1-4-5(2)7(8)6(3)9;5-3(6)1-2-4(7)8;1-2-5-3-4-1/h5,7H,4,8H2,1-3H3;1-2H,(H,5,6)(H,7,8);4H,1-3H2/b;2-1+;/t5-,7+;;/m0../s1. The minimum Gasteiger partial charge on any atom is -0.478 e. The van der Waals surface area contributed by atoms with E-state index < -0.39 is 11.9 Å². The van der Waals surface area contributed by atoms with E-state index in [0.717, 1.165) is 6.42 Å². The number of thioether (sulfide) groups is 1. The molecule has 5 N–H and O–H groups in total. The van der Waals surface area contributed by atoms with Crippen LogP contribution in [-0.4, -0.2) is 52.2 Å². The number of carboxylic acids is 2. The van der Waals surface area contributed by atoms with Crippen molar-refractivity contribution in [3.63, 3.8) is 0 Å². The molecule has 1 heterocycles. The predicted octanol–water partition coefficient (Wildman–Crippen LogP) is 0.941. The monoisotopic (exact) mass is 334 g/mol. The van der Waals surface area contributed by atoms with Gasteiger partial charge in [0.25, 0.3) is 0 Å². The van der Waals surface area contributed by atoms with Crippen molar-refractivity contribution in [3.8, 4) is 0 Å². The number of rotatable bonds is 5. The molecule has 0 bridgehead atoms. The first kappa shape index (κ1) is 22.9. The molecule has 0 radical (unpaired) electrons. The van der Waals surface area contributed by atoms with Crippen LogP contribution in [0, 0.1) is 5.92 Å². The summed E-state index contributed by atoms with van der Waals surface area (Å²) in [6.45, 7) is 6.78. The van der Waals surface area contributed by atoms with Crippen LogP contribution in [0.5, 0.6) is 0 Å². The van der Waals surface area contributed by atoms with Gasteiger partial charge in [-0.25, -0.2) is 9.59 Å². The number of hydrogen-bond acceptors (Lipinski definition) is 6. The van der Waals surface area contributed by atoms with E-state index in [1.54, 1.807) is 0 Å². The molecule has 22 heavy (non-hydrogen) atoms. The Morgan fingerprint density at radius 3 is 1.91 bits per heavy atom. The van der Waals surface area contributed by atoms with E-state index in [1.165, 1.54) is 25.1 Å². The molecule has 0 aliphatic carbocycles. The van der Waals surface area contributed by atoms with E-state index in [0.29, 0.717) is 18.1 Å². The molecule has 0 unspecified atom stereocenters. The number of Topliss-reactive ketones (excluding diaryl/α,β-unsaturated/α-hetero) is 1. The van der Waals surface area contributed by atoms with Gasteiger partial charge in [0.15, 0.2) is 0 Å². The van der Waals surface area contributed by atoms with E-state index in [1.807, 2.05) is 25.6 Å². The minimum absolute atomic E-state index is 0.0874. The lowest BCUT2D eigenvalue weighted by Crippen LogP contribution is -2.34. The zero-order valence-electron chi connectivity index (χ0n) is 13.2. The zero-order chi connectivity index (χ0) is 17.5. The molecular formula is C14H26N2O5S. The Balaban J connectivity index is 0. The molecular weight excluding hydrogens is 308 g/mol. The molecule has 7 nitrogen and oxygen atoms in total. The number of carbonyl (C=O) groups is 3. The summed E-state index contributed by atoms with van der Waals surface area (Å²) in [4.78, 5) is 29.7. The first-order valence-corrected chi connectivity index (χ1v) is 8.06. The minimum atomic E-state index is -1.26. The van der Waals surface area contributed by atoms with Gasteiger partial charge in [-0.15, -0.1) is 11.8 Å². The van der Waals surface area contributed by atoms with Gasteiger partial charge >= 0.3 is 11.9 Å². The van der Waals surface area contributed by atoms with Crippen molar-refractivity contribution in [3.05, 3.63) is 12.2 Å². The highest BCUT2D eigenvalue weighted by atomic mass is 32.2. The molecule has 0 amide bonds. The van der Waals surface area contributed by atoms with Crippen LogP contribution in [0.3, 0.4) is 0 Å². The van der Waals surface area contributed by atoms with Crippen molar-refractivity contribution in [2.24, 2.45) is 11.7 Å². The summed E-state index contributed by atoms with van der Waals surface area (Å²) in [7, 11) is 0. The van der Waals surface area contributed by atoms with Gasteiger partial charge in [-0.3, -0.25) is 4.79 Å². The zero-order valence-corrected chi connectivity index (χ0v) is 14.1. The molecule has 1 saturated heterocycles. The molecule has 0 saturated carbocycles. The fraction of sp³-hybridized carbons (Fsp3) is 0.643. The summed E-state index contributed by atoms with van der Waals surface area (Å²) < 4.78 is 0. The summed E-state index contributed by atoms with van der Waals surface area (Å²) >= 11 is 1.96. The van der Waals surface area contributed by atoms with Gasteiger partial charge in [0.05, 0.1) is 6.04 Å². The molecule has 128 valence electrons. The largest absolute Gasteiger partial charge is 0.478 e. The number of nitrogens with two attached hydrogens (primary N) is 1. The number of carboxylic acid groups (broad SMARTS) is 2. The van der Waals surface area contributed by atoms with E-state index in [4.69, 9.17) is 15.9 Å². The molecule has 1 rings (SSSR count). The Morgan fingerprint density at radius 1 is 1.27 bits per heavy atom. The fourth-order valence-corrected chi connectivity index (χ4v) is 1.88. The quantitative estimate of drug-likeness (QED) is 0.547. The molecule has 8 heteroatoms. The van der Waals surface area contributed by atoms with E-state index >= 15 is 0 Å². The Labute approximate surface area is 135 Å². The Morgan fingerprint density at radius 2 is 1.77 bits per heavy atom. The second kappa shape index (κ2) is 14.6. The lowest BCUT2D eigenvalue weighted by atomic mass is 9.97. The molecule has 1 aliphatic rings. The highest BCUT2D eigenvalue weighted by molar-refractivity contribution is 7.99. The van der Waals surface area contributed by atoms with Crippen LogP contribution >= 0.6 is 11.8 Å². The molecule has 2 atom stereocenters. The normalized spacial score (nSPS) is 15.8. The van der Waals surface area contributed by atoms with Gasteiger partial charge in [-0.1, -0.05) is 20.3 Å². The summed E-state index contributed by atoms with van der Waals surface area (Å²) in [6.07, 6.45) is 2.09. The SMILES string of the molecule is C1CSCN1.CC[C@H](C)[C@@H](N)C(C)=O.O=C(O)/C=C/C(=O)O. The van der Waals surface area contributed by atoms with E-state index in [2.05, 4.69) is 5.32 Å². The summed E-state index contributed by atoms with van der Waals surface area (Å²) in [5.74, 6) is 0.367. The lowest BCUT2D eigenvalue weighted by Gasteiger charge is -2.13. The Hall–Kier alpha value is -1.38. The van der Waals surface area contributed by atoms with E-state index in [-0.39, 0.29) is 11.8 Å². The van der Waals surface area contributed by atoms with Crippen molar-refractivity contribution < 1.29 is 24.6 Å². The maximum Gasteiger partial charge on any atom is 0.328 e. The van der Waals surface area contributed by atoms with Gasteiger partial charge in [0.1, 0.15) is 5.78 Å². The Kier molecular flexibility index (Phi) is 15.1. The highest BCUT2D eigenvalue weighted by Crippen LogP contribution is 2.04. The van der Waals surface area contributed by atoms with Gasteiger partial charge in [-0.2, -0.15) is 0 Å². The summed E-state index contributed by atoms with van der Waals surface area (Å²) in [6, 6.07) is -0.255. The third kappa shape index (κ3) is 16.7. The van der Waals surface area contributed by atoms with Crippen molar-refractivity contribution in [1.82, 2.24) is 5.32 Å². The number of carbonyl (C=O) groups excluding carboxylic acids is 1. The molecule has 0 spiro atoms. The van der Waals surface area contributed by atoms with Crippen molar-refractivity contribution >= 4 is 29.5 Å². The van der Waals surface area contributed by atoms with Crippen LogP contribution in [0.25, 0.3) is 0 Å². The fourth-order valence-electron chi connectivity index (χ4n) is 1.16. The first-order valence-electron chi connectivity index (χ1n) is 6.90. The molecule has 0 aromatic carbocycles. The van der Waals surface area contributed by atoms with Gasteiger partial charge in [0, 0.05) is 30.3 Å². The second-order valence-electron chi connectivity index (χ2n) is 4.58. The molecule has 0 aromatic rings. The Bertz CT molecular complexity index is 347. The molecule has 1 aliphatic heterocycles. The number of ketones is 1. The van der Waals surface area contributed by atoms with Crippen LogP contribution in [0.15, 0.2) is 12.2 Å². The van der Waals surface area contributed by atoms with Gasteiger partial charge in [-0.05, 0) is 12.8 Å². The lowest BCUT2D eigenvalue weighted by molar-refractivity contribution is -0.134. The molecule has 0 aromatic heterocycles. The number of hydrogen-bond donors (Lipinski definition) is 4. The van der Waals surface area contributed by atoms with Gasteiger partial charge < -0.3 is 21.3 Å². The maximum atomic E-state index is 10.6. The number of nitrogens with one attached hydrogen (secondary N) is 1. The van der Waals surface area contributed by atoms with Crippen LogP contribution in [0.2, 0.25) is 0 Å². The van der Waals surface area contributed by atoms with Crippen molar-refractivity contribution in [2.75, 3.05) is 18.2 Å². The average molecular weight is 334 g/mol. The third-order valence-corrected chi connectivity index (χ3v) is 3.62.